The van der Waals surface area contributed by atoms with Gasteiger partial charge in [0.1, 0.15) is 18.1 Å². The number of aromatic amines is 3. The summed E-state index contributed by atoms with van der Waals surface area (Å²) < 4.78 is 2.14. The van der Waals surface area contributed by atoms with E-state index in [-0.39, 0.29) is 27.4 Å². The van der Waals surface area contributed by atoms with Crippen LogP contribution in [0.2, 0.25) is 0 Å². The molecule has 0 radical (unpaired) electrons. The predicted octanol–water partition coefficient (Wildman–Crippen LogP) is -3.37. The summed E-state index contributed by atoms with van der Waals surface area (Å²) in [4.78, 5) is 122. The fraction of sp³-hybridized carbons (Fsp3) is 0.233. The van der Waals surface area contributed by atoms with E-state index in [9.17, 15) is 48.3 Å². The molecule has 0 bridgehead atoms. The number of rotatable bonds is 11. The molecule has 5 rings (SSSR count). The number of nitrogens with zero attached hydrogens (tertiary/aromatic N) is 3. The van der Waals surface area contributed by atoms with Gasteiger partial charge in [-0.2, -0.15) is 0 Å². The molecule has 19 heteroatoms. The first-order valence-corrected chi connectivity index (χ1v) is 14.6. The second-order valence-electron chi connectivity index (χ2n) is 11.1. The Morgan fingerprint density at radius 2 is 1.22 bits per heavy atom. The van der Waals surface area contributed by atoms with Crippen molar-refractivity contribution in [3.63, 3.8) is 0 Å². The van der Waals surface area contributed by atoms with Gasteiger partial charge in [-0.05, 0) is 31.2 Å². The monoisotopic (exact) mass is 675 g/mol. The molecule has 0 aliphatic heterocycles. The Bertz CT molecular complexity index is 2490. The summed E-state index contributed by atoms with van der Waals surface area (Å²) >= 11 is 0. The molecule has 0 spiro atoms. The molecule has 0 aliphatic carbocycles. The quantitative estimate of drug-likeness (QED) is 0.0725. The van der Waals surface area contributed by atoms with E-state index < -0.39 is 89.3 Å². The molecular formula is C30H29N9O10. The first-order valence-electron chi connectivity index (χ1n) is 14.6. The van der Waals surface area contributed by atoms with Gasteiger partial charge in [0.25, 0.3) is 16.7 Å². The van der Waals surface area contributed by atoms with Crippen LogP contribution in [-0.4, -0.2) is 69.7 Å². The molecule has 0 saturated heterocycles. The highest BCUT2D eigenvalue weighted by atomic mass is 16.4. The number of carbonyl (C=O) groups excluding carboxylic acids is 2. The topological polar surface area (TPSA) is 286 Å². The molecule has 0 unspecified atom stereocenters. The maximum Gasteiger partial charge on any atom is 0.328 e. The number of carboxylic acid groups (broad SMARTS) is 1. The van der Waals surface area contributed by atoms with Crippen molar-refractivity contribution in [2.75, 3.05) is 0 Å². The molecule has 49 heavy (non-hydrogen) atoms. The SMILES string of the molecule is Cc1cn(C[C@@H](NC(=O)[C@@H](Cn2c(=O)[nH]c3ccccc3c2=O)NC(=O)[C@H](N)Cn2c(=O)[nH]c3ccccc3c2=O)C(=O)O)c(=O)[nH]c1=O. The van der Waals surface area contributed by atoms with Gasteiger partial charge in [-0.25, -0.2) is 19.2 Å². The van der Waals surface area contributed by atoms with Crippen molar-refractivity contribution in [3.05, 3.63) is 123 Å². The van der Waals surface area contributed by atoms with Crippen molar-refractivity contribution in [2.45, 2.75) is 44.7 Å². The summed E-state index contributed by atoms with van der Waals surface area (Å²) in [5.41, 5.74) is 1.50. The Kier molecular flexibility index (Phi) is 9.37. The molecule has 5 aromatic rings. The van der Waals surface area contributed by atoms with Crippen LogP contribution in [0.1, 0.15) is 5.56 Å². The van der Waals surface area contributed by atoms with Gasteiger partial charge in [0, 0.05) is 11.8 Å². The highest BCUT2D eigenvalue weighted by Crippen LogP contribution is 2.05. The second kappa shape index (κ2) is 13.6. The Morgan fingerprint density at radius 3 is 1.78 bits per heavy atom. The molecule has 254 valence electrons. The fourth-order valence-corrected chi connectivity index (χ4v) is 5.07. The standard InChI is InChI=1S/C30H29N9O10/c1-14-10-37(28(47)36-22(14)40)12-21(27(45)46)33-24(42)20(13-39-26(44)16-7-3-5-9-19(16)35-30(39)49)32-23(41)17(31)11-38-25(43)15-6-2-4-8-18(15)34-29(38)48/h2-10,17,20-21H,11-13,31H2,1H3,(H,32,41)(H,33,42)(H,34,48)(H,35,49)(H,45,46)(H,36,40,47)/t17-,20-,21-/m1/s1. The van der Waals surface area contributed by atoms with Crippen LogP contribution in [0, 0.1) is 6.92 Å². The fourth-order valence-electron chi connectivity index (χ4n) is 5.07. The van der Waals surface area contributed by atoms with Crippen molar-refractivity contribution in [3.8, 4) is 0 Å². The number of H-pyrrole nitrogens is 3. The van der Waals surface area contributed by atoms with Gasteiger partial charge in [-0.15, -0.1) is 0 Å². The summed E-state index contributed by atoms with van der Waals surface area (Å²) in [7, 11) is 0. The summed E-state index contributed by atoms with van der Waals surface area (Å²) in [6, 6.07) is 6.85. The number of hydrogen-bond acceptors (Lipinski definition) is 10. The lowest BCUT2D eigenvalue weighted by atomic mass is 10.1. The van der Waals surface area contributed by atoms with Gasteiger partial charge in [0.05, 0.1) is 41.4 Å². The lowest BCUT2D eigenvalue weighted by Crippen LogP contribution is -2.59. The Morgan fingerprint density at radius 1 is 0.714 bits per heavy atom. The molecule has 3 aromatic heterocycles. The number of amides is 2. The number of carbonyl (C=O) groups is 3. The van der Waals surface area contributed by atoms with E-state index in [1.807, 2.05) is 4.98 Å². The number of para-hydroxylation sites is 2. The van der Waals surface area contributed by atoms with E-state index >= 15 is 0 Å². The second-order valence-corrected chi connectivity index (χ2v) is 11.1. The average Bonchev–Trinajstić information content (AvgIpc) is 3.06. The number of hydrogen-bond donors (Lipinski definition) is 7. The third kappa shape index (κ3) is 7.05. The molecule has 0 fully saturated rings. The number of nitrogens with one attached hydrogen (secondary N) is 5. The van der Waals surface area contributed by atoms with Crippen molar-refractivity contribution in [1.29, 1.82) is 0 Å². The lowest BCUT2D eigenvalue weighted by Gasteiger charge is -2.24. The minimum Gasteiger partial charge on any atom is -0.480 e. The minimum atomic E-state index is -1.83. The molecule has 19 nitrogen and oxygen atoms in total. The zero-order valence-corrected chi connectivity index (χ0v) is 25.6. The van der Waals surface area contributed by atoms with E-state index in [1.54, 1.807) is 18.2 Å². The molecule has 0 aliphatic rings. The molecule has 2 aromatic carbocycles. The number of aryl methyl sites for hydroxylation is 1. The molecule has 3 atom stereocenters. The Balaban J connectivity index is 1.46. The van der Waals surface area contributed by atoms with Crippen LogP contribution in [-0.2, 0) is 34.0 Å². The normalized spacial score (nSPS) is 13.1. The minimum absolute atomic E-state index is 0.0652. The van der Waals surface area contributed by atoms with E-state index in [0.717, 1.165) is 10.8 Å². The van der Waals surface area contributed by atoms with Crippen LogP contribution in [0.5, 0.6) is 0 Å². The smallest absolute Gasteiger partial charge is 0.328 e. The van der Waals surface area contributed by atoms with Gasteiger partial charge >= 0.3 is 23.0 Å². The number of carboxylic acids is 1. The van der Waals surface area contributed by atoms with Crippen LogP contribution in [0.4, 0.5) is 0 Å². The highest BCUT2D eigenvalue weighted by Gasteiger charge is 2.30. The number of fused-ring (bicyclic) bond motifs is 2. The molecule has 3 heterocycles. The van der Waals surface area contributed by atoms with E-state index in [4.69, 9.17) is 5.73 Å². The zero-order chi connectivity index (χ0) is 35.6. The van der Waals surface area contributed by atoms with Crippen LogP contribution in [0.15, 0.2) is 83.5 Å². The Labute approximate surface area is 271 Å². The summed E-state index contributed by atoms with van der Waals surface area (Å²) in [6.45, 7) is -0.760. The maximum absolute atomic E-state index is 13.6. The molecule has 2 amide bonds. The summed E-state index contributed by atoms with van der Waals surface area (Å²) in [6.07, 6.45) is 1.09. The van der Waals surface area contributed by atoms with Crippen molar-refractivity contribution in [1.82, 2.24) is 39.3 Å². The molecule has 8 N–H and O–H groups in total. The van der Waals surface area contributed by atoms with Gasteiger partial charge in [-0.1, -0.05) is 24.3 Å². The number of benzene rings is 2. The van der Waals surface area contributed by atoms with Crippen molar-refractivity contribution >= 4 is 39.6 Å². The van der Waals surface area contributed by atoms with Crippen molar-refractivity contribution < 1.29 is 19.5 Å². The third-order valence-corrected chi connectivity index (χ3v) is 7.68. The van der Waals surface area contributed by atoms with Gasteiger partial charge in [-0.3, -0.25) is 42.7 Å². The van der Waals surface area contributed by atoms with Crippen LogP contribution in [0.25, 0.3) is 21.8 Å². The van der Waals surface area contributed by atoms with E-state index in [2.05, 4.69) is 20.6 Å². The lowest BCUT2D eigenvalue weighted by molar-refractivity contribution is -0.142. The number of aromatic nitrogens is 6. The zero-order valence-electron chi connectivity index (χ0n) is 25.6. The predicted molar refractivity (Wildman–Crippen MR) is 173 cm³/mol. The van der Waals surface area contributed by atoms with Gasteiger partial charge in [0.15, 0.2) is 0 Å². The van der Waals surface area contributed by atoms with Gasteiger partial charge < -0.3 is 31.4 Å². The molecular weight excluding hydrogens is 646 g/mol. The van der Waals surface area contributed by atoms with Crippen LogP contribution >= 0.6 is 0 Å². The van der Waals surface area contributed by atoms with E-state index in [1.165, 1.54) is 37.3 Å². The van der Waals surface area contributed by atoms with E-state index in [0.29, 0.717) is 9.13 Å². The van der Waals surface area contributed by atoms with Crippen molar-refractivity contribution in [2.24, 2.45) is 5.73 Å². The highest BCUT2D eigenvalue weighted by molar-refractivity contribution is 5.91. The summed E-state index contributed by atoms with van der Waals surface area (Å²) in [5, 5.41) is 14.5. The largest absolute Gasteiger partial charge is 0.480 e. The average molecular weight is 676 g/mol. The molecule has 0 saturated carbocycles. The number of aliphatic carboxylic acids is 1. The van der Waals surface area contributed by atoms with Gasteiger partial charge in [0.2, 0.25) is 11.8 Å². The number of nitrogens with two attached hydrogens (primary N) is 1. The summed E-state index contributed by atoms with van der Waals surface area (Å²) in [5.74, 6) is -3.92. The van der Waals surface area contributed by atoms with Crippen LogP contribution < -0.4 is 50.1 Å². The Hall–Kier alpha value is -6.63. The third-order valence-electron chi connectivity index (χ3n) is 7.68. The first-order chi connectivity index (χ1) is 23.2. The van der Waals surface area contributed by atoms with Crippen LogP contribution in [0.3, 0.4) is 0 Å². The maximum atomic E-state index is 13.6. The first kappa shape index (κ1) is 33.7.